The Morgan fingerprint density at radius 1 is 1.37 bits per heavy atom. The van der Waals surface area contributed by atoms with E-state index in [2.05, 4.69) is 36.3 Å². The van der Waals surface area contributed by atoms with Crippen LogP contribution in [0.3, 0.4) is 0 Å². The van der Waals surface area contributed by atoms with Gasteiger partial charge < -0.3 is 9.84 Å². The van der Waals surface area contributed by atoms with E-state index in [1.54, 1.807) is 24.4 Å². The van der Waals surface area contributed by atoms with Crippen LogP contribution in [0.2, 0.25) is 5.02 Å². The van der Waals surface area contributed by atoms with Crippen molar-refractivity contribution in [3.63, 3.8) is 0 Å². The molecule has 6 nitrogen and oxygen atoms in total. The van der Waals surface area contributed by atoms with Gasteiger partial charge in [-0.1, -0.05) is 55.7 Å². The van der Waals surface area contributed by atoms with Crippen LogP contribution in [0.1, 0.15) is 54.6 Å². The van der Waals surface area contributed by atoms with Crippen LogP contribution in [-0.2, 0) is 19.4 Å². The smallest absolute Gasteiger partial charge is 0.279 e. The highest BCUT2D eigenvalue weighted by atomic mass is 35.5. The van der Waals surface area contributed by atoms with Gasteiger partial charge in [-0.3, -0.25) is 9.48 Å². The highest BCUT2D eigenvalue weighted by Crippen LogP contribution is 2.38. The summed E-state index contributed by atoms with van der Waals surface area (Å²) < 4.78 is 20.8. The van der Waals surface area contributed by atoms with Gasteiger partial charge in [-0.25, -0.2) is 4.39 Å². The SMILES string of the molecule is CC(C)(C)C1CCc2onc(C(=O)Nc3nn(Cc4ccccc4F)cc3Cl)c2C1. The van der Waals surface area contributed by atoms with Gasteiger partial charge in [0.05, 0.1) is 6.54 Å². The summed E-state index contributed by atoms with van der Waals surface area (Å²) >= 11 is 6.25. The molecule has 8 heteroatoms. The molecule has 1 aliphatic carbocycles. The van der Waals surface area contributed by atoms with Crippen molar-refractivity contribution in [3.05, 3.63) is 63.9 Å². The van der Waals surface area contributed by atoms with E-state index >= 15 is 0 Å². The normalized spacial score (nSPS) is 16.4. The number of carbonyl (C=O) groups is 1. The maximum absolute atomic E-state index is 13.9. The van der Waals surface area contributed by atoms with Gasteiger partial charge >= 0.3 is 0 Å². The molecule has 1 aliphatic rings. The minimum Gasteiger partial charge on any atom is -0.360 e. The highest BCUT2D eigenvalue weighted by Gasteiger charge is 2.34. The first-order valence-electron chi connectivity index (χ1n) is 9.97. The minimum absolute atomic E-state index is 0.136. The fourth-order valence-electron chi connectivity index (χ4n) is 3.85. The number of benzene rings is 1. The van der Waals surface area contributed by atoms with Crippen molar-refractivity contribution < 1.29 is 13.7 Å². The van der Waals surface area contributed by atoms with Gasteiger partial charge in [0, 0.05) is 23.7 Å². The van der Waals surface area contributed by atoms with Crippen LogP contribution in [0.5, 0.6) is 0 Å². The lowest BCUT2D eigenvalue weighted by Gasteiger charge is -2.33. The molecule has 0 radical (unpaired) electrons. The van der Waals surface area contributed by atoms with Crippen molar-refractivity contribution in [3.8, 4) is 0 Å². The molecule has 0 aliphatic heterocycles. The fraction of sp³-hybridized carbons (Fsp3) is 0.409. The van der Waals surface area contributed by atoms with Crippen molar-refractivity contribution in [1.29, 1.82) is 0 Å². The van der Waals surface area contributed by atoms with E-state index in [0.29, 0.717) is 11.5 Å². The van der Waals surface area contributed by atoms with Crippen LogP contribution in [-0.4, -0.2) is 20.8 Å². The second-order valence-corrected chi connectivity index (χ2v) is 9.21. The molecule has 2 heterocycles. The molecule has 1 atom stereocenters. The summed E-state index contributed by atoms with van der Waals surface area (Å²) in [4.78, 5) is 12.9. The maximum atomic E-state index is 13.9. The van der Waals surface area contributed by atoms with Gasteiger partial charge in [0.1, 0.15) is 16.6 Å². The summed E-state index contributed by atoms with van der Waals surface area (Å²) in [5.74, 6) is 0.694. The zero-order valence-electron chi connectivity index (χ0n) is 17.2. The van der Waals surface area contributed by atoms with Crippen LogP contribution in [0.15, 0.2) is 35.0 Å². The number of hydrogen-bond donors (Lipinski definition) is 1. The second kappa shape index (κ2) is 7.87. The highest BCUT2D eigenvalue weighted by molar-refractivity contribution is 6.33. The number of halogens is 2. The van der Waals surface area contributed by atoms with E-state index in [1.165, 1.54) is 10.7 Å². The van der Waals surface area contributed by atoms with Crippen LogP contribution < -0.4 is 5.32 Å². The molecule has 158 valence electrons. The second-order valence-electron chi connectivity index (χ2n) is 8.81. The zero-order valence-corrected chi connectivity index (χ0v) is 18.0. The minimum atomic E-state index is -0.410. The molecule has 0 fully saturated rings. The molecule has 1 aromatic carbocycles. The topological polar surface area (TPSA) is 73.0 Å². The van der Waals surface area contributed by atoms with E-state index in [9.17, 15) is 9.18 Å². The Morgan fingerprint density at radius 3 is 2.87 bits per heavy atom. The van der Waals surface area contributed by atoms with Gasteiger partial charge in [-0.2, -0.15) is 5.10 Å². The molecular weight excluding hydrogens is 407 g/mol. The van der Waals surface area contributed by atoms with Crippen LogP contribution in [0.4, 0.5) is 10.2 Å². The fourth-order valence-corrected chi connectivity index (χ4v) is 4.05. The van der Waals surface area contributed by atoms with Crippen molar-refractivity contribution in [2.45, 2.75) is 46.6 Å². The van der Waals surface area contributed by atoms with E-state index in [4.69, 9.17) is 16.1 Å². The Balaban J connectivity index is 1.51. The van der Waals surface area contributed by atoms with Gasteiger partial charge in [0.15, 0.2) is 11.5 Å². The number of nitrogens with zero attached hydrogens (tertiary/aromatic N) is 3. The summed E-state index contributed by atoms with van der Waals surface area (Å²) in [7, 11) is 0. The first-order chi connectivity index (χ1) is 14.2. The lowest BCUT2D eigenvalue weighted by atomic mass is 9.71. The standard InChI is InChI=1S/C22H24ClFN4O2/c1-22(2,3)14-8-9-18-15(10-14)19(27-30-18)21(29)25-20-16(23)12-28(26-20)11-13-6-4-5-7-17(13)24/h4-7,12,14H,8-11H2,1-3H3,(H,25,26,29). The Labute approximate surface area is 179 Å². The van der Waals surface area contributed by atoms with Crippen LogP contribution in [0, 0.1) is 17.2 Å². The quantitative estimate of drug-likeness (QED) is 0.623. The molecule has 0 saturated carbocycles. The summed E-state index contributed by atoms with van der Waals surface area (Å²) in [6.07, 6.45) is 4.09. The molecule has 4 rings (SSSR count). The van der Waals surface area contributed by atoms with Crippen molar-refractivity contribution in [1.82, 2.24) is 14.9 Å². The number of anilines is 1. The summed E-state index contributed by atoms with van der Waals surface area (Å²) in [5, 5.41) is 11.3. The van der Waals surface area contributed by atoms with Gasteiger partial charge in [0.2, 0.25) is 0 Å². The van der Waals surface area contributed by atoms with Crippen LogP contribution >= 0.6 is 11.6 Å². The molecule has 0 saturated heterocycles. The number of amides is 1. The van der Waals surface area contributed by atoms with Gasteiger partial charge in [-0.15, -0.1) is 0 Å². The van der Waals surface area contributed by atoms with Crippen molar-refractivity contribution >= 4 is 23.3 Å². The van der Waals surface area contributed by atoms with Crippen LogP contribution in [0.25, 0.3) is 0 Å². The molecule has 1 unspecified atom stereocenters. The number of aromatic nitrogens is 3. The van der Waals surface area contributed by atoms with Crippen molar-refractivity contribution in [2.24, 2.45) is 11.3 Å². The summed E-state index contributed by atoms with van der Waals surface area (Å²) in [6, 6.07) is 6.45. The Kier molecular flexibility index (Phi) is 5.40. The molecule has 1 N–H and O–H groups in total. The molecule has 0 bridgehead atoms. The predicted molar refractivity (Wildman–Crippen MR) is 112 cm³/mol. The van der Waals surface area contributed by atoms with E-state index in [0.717, 1.165) is 30.6 Å². The monoisotopic (exact) mass is 430 g/mol. The van der Waals surface area contributed by atoms with Gasteiger partial charge in [-0.05, 0) is 30.2 Å². The average Bonchev–Trinajstić information content (AvgIpc) is 3.26. The number of nitrogens with one attached hydrogen (secondary N) is 1. The van der Waals surface area contributed by atoms with E-state index in [1.807, 2.05) is 0 Å². The molecule has 0 spiro atoms. The molecule has 1 amide bonds. The third-order valence-electron chi connectivity index (χ3n) is 5.72. The van der Waals surface area contributed by atoms with Gasteiger partial charge in [0.25, 0.3) is 5.91 Å². The molecule has 2 aromatic heterocycles. The lowest BCUT2D eigenvalue weighted by molar-refractivity contribution is 0.101. The maximum Gasteiger partial charge on any atom is 0.279 e. The van der Waals surface area contributed by atoms with E-state index in [-0.39, 0.29) is 34.3 Å². The number of hydrogen-bond acceptors (Lipinski definition) is 4. The largest absolute Gasteiger partial charge is 0.360 e. The third kappa shape index (κ3) is 4.12. The molecular formula is C22H24ClFN4O2. The number of carbonyl (C=O) groups excluding carboxylic acids is 1. The lowest BCUT2D eigenvalue weighted by Crippen LogP contribution is -2.27. The number of rotatable bonds is 4. The Hall–Kier alpha value is -2.67. The Bertz CT molecular complexity index is 1080. The van der Waals surface area contributed by atoms with E-state index < -0.39 is 5.91 Å². The third-order valence-corrected chi connectivity index (χ3v) is 6.00. The number of aryl methyl sites for hydroxylation is 1. The average molecular weight is 431 g/mol. The zero-order chi connectivity index (χ0) is 21.5. The number of fused-ring (bicyclic) bond motifs is 1. The molecule has 30 heavy (non-hydrogen) atoms. The Morgan fingerprint density at radius 2 is 2.13 bits per heavy atom. The summed E-state index contributed by atoms with van der Waals surface area (Å²) in [5.41, 5.74) is 1.75. The molecule has 3 aromatic rings. The first kappa shape index (κ1) is 20.6. The summed E-state index contributed by atoms with van der Waals surface area (Å²) in [6.45, 7) is 6.82. The van der Waals surface area contributed by atoms with Crippen molar-refractivity contribution in [2.75, 3.05) is 5.32 Å². The predicted octanol–water partition coefficient (Wildman–Crippen LogP) is 5.12. The first-order valence-corrected chi connectivity index (χ1v) is 10.4.